The highest BCUT2D eigenvalue weighted by atomic mass is 16.5. The zero-order chi connectivity index (χ0) is 13.5. The van der Waals surface area contributed by atoms with Crippen molar-refractivity contribution in [3.05, 3.63) is 29.3 Å². The number of phenols is 1. The van der Waals surface area contributed by atoms with E-state index in [2.05, 4.69) is 10.1 Å². The van der Waals surface area contributed by atoms with Gasteiger partial charge in [0.15, 0.2) is 0 Å². The maximum Gasteiger partial charge on any atom is 0.305 e. The molecular formula is C13H17NO4. The molecule has 2 N–H and O–H groups in total. The largest absolute Gasteiger partial charge is 0.507 e. The summed E-state index contributed by atoms with van der Waals surface area (Å²) in [6.07, 6.45) is 0.765. The summed E-state index contributed by atoms with van der Waals surface area (Å²) in [5.74, 6) is -0.699. The average Bonchev–Trinajstić information content (AvgIpc) is 2.36. The van der Waals surface area contributed by atoms with Crippen LogP contribution < -0.4 is 5.32 Å². The third kappa shape index (κ3) is 4.08. The molecule has 0 aromatic heterocycles. The molecule has 1 aromatic rings. The number of ether oxygens (including phenoxy) is 1. The molecule has 0 saturated carbocycles. The van der Waals surface area contributed by atoms with Crippen molar-refractivity contribution < 1.29 is 19.4 Å². The van der Waals surface area contributed by atoms with Crippen molar-refractivity contribution in [2.24, 2.45) is 0 Å². The maximum atomic E-state index is 11.7. The molecule has 5 heteroatoms. The van der Waals surface area contributed by atoms with Crippen molar-refractivity contribution in [3.8, 4) is 5.75 Å². The number of amides is 1. The molecule has 5 nitrogen and oxygen atoms in total. The van der Waals surface area contributed by atoms with Gasteiger partial charge in [0.05, 0.1) is 12.7 Å². The van der Waals surface area contributed by atoms with Crippen LogP contribution in [0.3, 0.4) is 0 Å². The molecule has 0 spiro atoms. The first-order chi connectivity index (χ1) is 8.54. The van der Waals surface area contributed by atoms with Crippen LogP contribution in [0.5, 0.6) is 5.75 Å². The number of aryl methyl sites for hydroxylation is 1. The van der Waals surface area contributed by atoms with Crippen molar-refractivity contribution in [2.75, 3.05) is 13.7 Å². The van der Waals surface area contributed by atoms with Crippen LogP contribution in [-0.2, 0) is 9.53 Å². The Morgan fingerprint density at radius 3 is 2.78 bits per heavy atom. The van der Waals surface area contributed by atoms with Gasteiger partial charge in [0, 0.05) is 13.0 Å². The molecule has 1 amide bonds. The number of aromatic hydroxyl groups is 1. The Morgan fingerprint density at radius 1 is 1.39 bits per heavy atom. The monoisotopic (exact) mass is 251 g/mol. The van der Waals surface area contributed by atoms with Crippen LogP contribution in [0, 0.1) is 6.92 Å². The normalized spacial score (nSPS) is 9.89. The van der Waals surface area contributed by atoms with E-state index in [1.807, 2.05) is 6.92 Å². The molecule has 98 valence electrons. The molecule has 0 aliphatic rings. The van der Waals surface area contributed by atoms with Crippen molar-refractivity contribution >= 4 is 11.9 Å². The number of nitrogens with one attached hydrogen (secondary N) is 1. The van der Waals surface area contributed by atoms with Crippen molar-refractivity contribution in [3.63, 3.8) is 0 Å². The number of carbonyl (C=O) groups excluding carboxylic acids is 2. The fourth-order valence-electron chi connectivity index (χ4n) is 1.46. The number of carbonyl (C=O) groups is 2. The van der Waals surface area contributed by atoms with E-state index in [1.165, 1.54) is 13.2 Å². The predicted molar refractivity (Wildman–Crippen MR) is 66.4 cm³/mol. The summed E-state index contributed by atoms with van der Waals surface area (Å²) in [6, 6.07) is 4.83. The first-order valence-electron chi connectivity index (χ1n) is 5.69. The van der Waals surface area contributed by atoms with Gasteiger partial charge in [-0.25, -0.2) is 0 Å². The summed E-state index contributed by atoms with van der Waals surface area (Å²) >= 11 is 0. The zero-order valence-electron chi connectivity index (χ0n) is 10.5. The van der Waals surface area contributed by atoms with E-state index >= 15 is 0 Å². The van der Waals surface area contributed by atoms with Crippen LogP contribution in [0.4, 0.5) is 0 Å². The highest BCUT2D eigenvalue weighted by Gasteiger charge is 2.10. The lowest BCUT2D eigenvalue weighted by molar-refractivity contribution is -0.140. The van der Waals surface area contributed by atoms with E-state index in [1.54, 1.807) is 12.1 Å². The van der Waals surface area contributed by atoms with E-state index in [9.17, 15) is 14.7 Å². The molecule has 0 unspecified atom stereocenters. The van der Waals surface area contributed by atoms with E-state index < -0.39 is 0 Å². The third-order valence-electron chi connectivity index (χ3n) is 2.47. The molecule has 0 radical (unpaired) electrons. The molecule has 18 heavy (non-hydrogen) atoms. The Kier molecular flexibility index (Phi) is 5.17. The minimum Gasteiger partial charge on any atom is -0.507 e. The van der Waals surface area contributed by atoms with Gasteiger partial charge in [0.2, 0.25) is 0 Å². The van der Waals surface area contributed by atoms with Gasteiger partial charge in [-0.2, -0.15) is 0 Å². The summed E-state index contributed by atoms with van der Waals surface area (Å²) in [7, 11) is 1.33. The number of phenolic OH excluding ortho intramolecular Hbond substituents is 1. The Morgan fingerprint density at radius 2 is 2.11 bits per heavy atom. The smallest absolute Gasteiger partial charge is 0.305 e. The Labute approximate surface area is 106 Å². The molecule has 0 aliphatic heterocycles. The second-order valence-electron chi connectivity index (χ2n) is 3.96. The number of esters is 1. The molecule has 1 rings (SSSR count). The number of hydrogen-bond acceptors (Lipinski definition) is 4. The number of methoxy groups -OCH3 is 1. The van der Waals surface area contributed by atoms with E-state index in [4.69, 9.17) is 0 Å². The minimum absolute atomic E-state index is 0.0499. The van der Waals surface area contributed by atoms with Gasteiger partial charge in [-0.05, 0) is 25.5 Å². The molecule has 0 fully saturated rings. The van der Waals surface area contributed by atoms with Crippen molar-refractivity contribution in [1.82, 2.24) is 5.32 Å². The van der Waals surface area contributed by atoms with Crippen LogP contribution in [0.15, 0.2) is 18.2 Å². The molecular weight excluding hydrogens is 234 g/mol. The van der Waals surface area contributed by atoms with Crippen molar-refractivity contribution in [2.45, 2.75) is 19.8 Å². The molecule has 0 bridgehead atoms. The molecule has 0 aliphatic carbocycles. The topological polar surface area (TPSA) is 75.6 Å². The average molecular weight is 251 g/mol. The number of hydrogen-bond donors (Lipinski definition) is 2. The molecule has 1 aromatic carbocycles. The van der Waals surface area contributed by atoms with Gasteiger partial charge in [-0.15, -0.1) is 0 Å². The summed E-state index contributed by atoms with van der Waals surface area (Å²) < 4.78 is 4.49. The van der Waals surface area contributed by atoms with Crippen LogP contribution in [0.2, 0.25) is 0 Å². The lowest BCUT2D eigenvalue weighted by Crippen LogP contribution is -2.25. The standard InChI is InChI=1S/C13H17NO4/c1-9-5-6-11(15)10(8-9)13(17)14-7-3-4-12(16)18-2/h5-6,8,15H,3-4,7H2,1-2H3,(H,14,17). The predicted octanol–water partition coefficient (Wildman–Crippen LogP) is 1.38. The van der Waals surface area contributed by atoms with E-state index in [-0.39, 0.29) is 29.6 Å². The number of benzene rings is 1. The quantitative estimate of drug-likeness (QED) is 0.612. The van der Waals surface area contributed by atoms with Gasteiger partial charge >= 0.3 is 5.97 Å². The Bertz CT molecular complexity index is 443. The summed E-state index contributed by atoms with van der Waals surface area (Å²) in [5.41, 5.74) is 1.14. The molecule has 0 heterocycles. The summed E-state index contributed by atoms with van der Waals surface area (Å²) in [5, 5.41) is 12.2. The Balaban J connectivity index is 2.46. The van der Waals surface area contributed by atoms with Crippen molar-refractivity contribution in [1.29, 1.82) is 0 Å². The van der Waals surface area contributed by atoms with Gasteiger partial charge in [0.25, 0.3) is 5.91 Å². The second kappa shape index (κ2) is 6.64. The second-order valence-corrected chi connectivity index (χ2v) is 3.96. The van der Waals surface area contributed by atoms with E-state index in [0.29, 0.717) is 13.0 Å². The fraction of sp³-hybridized carbons (Fsp3) is 0.385. The summed E-state index contributed by atoms with van der Waals surface area (Å²) in [4.78, 5) is 22.6. The zero-order valence-corrected chi connectivity index (χ0v) is 10.5. The van der Waals surface area contributed by atoms with Crippen LogP contribution in [0.1, 0.15) is 28.8 Å². The SMILES string of the molecule is COC(=O)CCCNC(=O)c1cc(C)ccc1O. The van der Waals surface area contributed by atoms with Gasteiger partial charge in [-0.3, -0.25) is 9.59 Å². The first kappa shape index (κ1) is 14.0. The molecule has 0 atom stereocenters. The lowest BCUT2D eigenvalue weighted by Gasteiger charge is -2.07. The van der Waals surface area contributed by atoms with Crippen LogP contribution in [-0.4, -0.2) is 30.6 Å². The van der Waals surface area contributed by atoms with Crippen LogP contribution >= 0.6 is 0 Å². The van der Waals surface area contributed by atoms with Gasteiger partial charge in [0.1, 0.15) is 5.75 Å². The summed E-state index contributed by atoms with van der Waals surface area (Å²) in [6.45, 7) is 2.20. The minimum atomic E-state index is -0.346. The lowest BCUT2D eigenvalue weighted by atomic mass is 10.1. The Hall–Kier alpha value is -2.04. The van der Waals surface area contributed by atoms with E-state index in [0.717, 1.165) is 5.56 Å². The number of rotatable bonds is 5. The molecule has 0 saturated heterocycles. The highest BCUT2D eigenvalue weighted by molar-refractivity contribution is 5.96. The van der Waals surface area contributed by atoms with Gasteiger partial charge < -0.3 is 15.2 Å². The fourth-order valence-corrected chi connectivity index (χ4v) is 1.46. The maximum absolute atomic E-state index is 11.7. The highest BCUT2D eigenvalue weighted by Crippen LogP contribution is 2.17. The van der Waals surface area contributed by atoms with Gasteiger partial charge in [-0.1, -0.05) is 11.6 Å². The third-order valence-corrected chi connectivity index (χ3v) is 2.47. The van der Waals surface area contributed by atoms with Crippen LogP contribution in [0.25, 0.3) is 0 Å². The first-order valence-corrected chi connectivity index (χ1v) is 5.69.